The van der Waals surface area contributed by atoms with Crippen LogP contribution in [0.4, 0.5) is 10.1 Å². The lowest BCUT2D eigenvalue weighted by Crippen LogP contribution is -1.98. The first-order valence-corrected chi connectivity index (χ1v) is 7.57. The average Bonchev–Trinajstić information content (AvgIpc) is 2.64. The predicted molar refractivity (Wildman–Crippen MR) is 92.7 cm³/mol. The predicted octanol–water partition coefficient (Wildman–Crippen LogP) is 4.41. The van der Waals surface area contributed by atoms with Gasteiger partial charge in [0, 0.05) is 18.3 Å². The highest BCUT2D eigenvalue weighted by atomic mass is 19.1. The van der Waals surface area contributed by atoms with Gasteiger partial charge in [-0.15, -0.1) is 0 Å². The Morgan fingerprint density at radius 3 is 2.38 bits per heavy atom. The van der Waals surface area contributed by atoms with E-state index in [4.69, 9.17) is 9.47 Å². The van der Waals surface area contributed by atoms with Crippen molar-refractivity contribution in [3.05, 3.63) is 60.3 Å². The second-order valence-corrected chi connectivity index (χ2v) is 4.96. The van der Waals surface area contributed by atoms with Gasteiger partial charge in [0.15, 0.2) is 0 Å². The van der Waals surface area contributed by atoms with Crippen molar-refractivity contribution in [3.63, 3.8) is 0 Å². The molecule has 2 rings (SSSR count). The number of allylic oxidation sites excluding steroid dienone is 1. The van der Waals surface area contributed by atoms with Crippen LogP contribution in [-0.2, 0) is 0 Å². The fraction of sp³-hybridized carbons (Fsp3) is 0.211. The summed E-state index contributed by atoms with van der Waals surface area (Å²) in [5.74, 6) is 1.43. The highest BCUT2D eigenvalue weighted by Gasteiger charge is 2.02. The van der Waals surface area contributed by atoms with E-state index in [9.17, 15) is 9.65 Å². The van der Waals surface area contributed by atoms with E-state index in [-0.39, 0.29) is 0 Å². The number of rotatable bonds is 8. The quantitative estimate of drug-likeness (QED) is 0.577. The molecule has 0 unspecified atom stereocenters. The lowest BCUT2D eigenvalue weighted by atomic mass is 10.1. The van der Waals surface area contributed by atoms with Crippen molar-refractivity contribution in [2.24, 2.45) is 0 Å². The number of benzene rings is 2. The molecule has 24 heavy (non-hydrogen) atoms. The van der Waals surface area contributed by atoms with E-state index in [1.54, 1.807) is 37.6 Å². The first kappa shape index (κ1) is 17.4. The third-order valence-corrected chi connectivity index (χ3v) is 3.31. The van der Waals surface area contributed by atoms with E-state index in [1.165, 1.54) is 0 Å². The van der Waals surface area contributed by atoms with Crippen molar-refractivity contribution >= 4 is 11.3 Å². The second-order valence-electron chi connectivity index (χ2n) is 4.96. The van der Waals surface area contributed by atoms with Crippen molar-refractivity contribution in [1.82, 2.24) is 0 Å². The molecular weight excluding hydrogens is 307 g/mol. The number of ether oxygens (including phenoxy) is 2. The summed E-state index contributed by atoms with van der Waals surface area (Å²) < 4.78 is 22.5. The summed E-state index contributed by atoms with van der Waals surface area (Å²) in [5.41, 5.74) is 2.13. The number of anilines is 1. The van der Waals surface area contributed by atoms with Crippen LogP contribution in [0.15, 0.2) is 54.7 Å². The fourth-order valence-corrected chi connectivity index (χ4v) is 2.00. The van der Waals surface area contributed by atoms with Crippen molar-refractivity contribution < 1.29 is 13.9 Å². The SMILES string of the molecule is COc1ccc(NC=C(C#N)c2ccc(OCCCF)cc2)cc1. The molecule has 0 heterocycles. The maximum atomic E-state index is 12.0. The molecule has 0 amide bonds. The Bertz CT molecular complexity index is 704. The van der Waals surface area contributed by atoms with E-state index in [0.717, 1.165) is 17.0 Å². The molecule has 1 N–H and O–H groups in total. The Labute approximate surface area is 141 Å². The minimum absolute atomic E-state index is 0.343. The first-order chi connectivity index (χ1) is 11.8. The normalized spacial score (nSPS) is 10.8. The van der Waals surface area contributed by atoms with E-state index >= 15 is 0 Å². The molecule has 0 radical (unpaired) electrons. The van der Waals surface area contributed by atoms with Crippen molar-refractivity contribution in [1.29, 1.82) is 5.26 Å². The summed E-state index contributed by atoms with van der Waals surface area (Å²) in [6.07, 6.45) is 2.03. The topological polar surface area (TPSA) is 54.3 Å². The molecule has 0 aliphatic rings. The molecule has 0 saturated heterocycles. The summed E-state index contributed by atoms with van der Waals surface area (Å²) >= 11 is 0. The summed E-state index contributed by atoms with van der Waals surface area (Å²) in [4.78, 5) is 0. The van der Waals surface area contributed by atoms with E-state index in [1.807, 2.05) is 24.3 Å². The van der Waals surface area contributed by atoms with Crippen LogP contribution in [0.1, 0.15) is 12.0 Å². The molecule has 0 bridgehead atoms. The van der Waals surface area contributed by atoms with Crippen LogP contribution in [0.25, 0.3) is 5.57 Å². The number of methoxy groups -OCH3 is 1. The van der Waals surface area contributed by atoms with Gasteiger partial charge in [-0.2, -0.15) is 5.26 Å². The van der Waals surface area contributed by atoms with Crippen LogP contribution in [0, 0.1) is 11.3 Å². The molecule has 2 aromatic carbocycles. The number of hydrogen-bond donors (Lipinski definition) is 1. The lowest BCUT2D eigenvalue weighted by molar-refractivity contribution is 0.289. The van der Waals surface area contributed by atoms with E-state index < -0.39 is 6.67 Å². The zero-order valence-electron chi connectivity index (χ0n) is 13.5. The largest absolute Gasteiger partial charge is 0.497 e. The van der Waals surface area contributed by atoms with Crippen molar-refractivity contribution in [2.75, 3.05) is 25.7 Å². The van der Waals surface area contributed by atoms with Gasteiger partial charge in [0.2, 0.25) is 0 Å². The molecule has 0 atom stereocenters. The minimum Gasteiger partial charge on any atom is -0.497 e. The number of nitriles is 1. The van der Waals surface area contributed by atoms with Crippen LogP contribution >= 0.6 is 0 Å². The summed E-state index contributed by atoms with van der Waals surface area (Å²) in [6, 6.07) is 16.7. The maximum absolute atomic E-state index is 12.0. The maximum Gasteiger partial charge on any atom is 0.119 e. The van der Waals surface area contributed by atoms with Gasteiger partial charge in [0.05, 0.1) is 26.0 Å². The molecular formula is C19H19FN2O2. The lowest BCUT2D eigenvalue weighted by Gasteiger charge is -2.07. The Kier molecular flexibility index (Phi) is 6.66. The zero-order chi connectivity index (χ0) is 17.2. The summed E-state index contributed by atoms with van der Waals surface area (Å²) in [6.45, 7) is -0.0494. The number of nitrogens with zero attached hydrogens (tertiary/aromatic N) is 1. The Balaban J connectivity index is 2.02. The highest BCUT2D eigenvalue weighted by molar-refractivity contribution is 5.78. The molecule has 0 saturated carbocycles. The third kappa shape index (κ3) is 5.03. The molecule has 124 valence electrons. The average molecular weight is 326 g/mol. The van der Waals surface area contributed by atoms with Gasteiger partial charge < -0.3 is 14.8 Å². The molecule has 0 aliphatic carbocycles. The van der Waals surface area contributed by atoms with E-state index in [0.29, 0.717) is 24.4 Å². The number of alkyl halides is 1. The van der Waals surface area contributed by atoms with Gasteiger partial charge in [0.1, 0.15) is 17.6 Å². The van der Waals surface area contributed by atoms with Gasteiger partial charge in [-0.05, 0) is 54.1 Å². The Morgan fingerprint density at radius 2 is 1.79 bits per heavy atom. The molecule has 5 heteroatoms. The third-order valence-electron chi connectivity index (χ3n) is 3.31. The zero-order valence-corrected chi connectivity index (χ0v) is 13.5. The van der Waals surface area contributed by atoms with Crippen LogP contribution in [0.2, 0.25) is 0 Å². The number of hydrogen-bond acceptors (Lipinski definition) is 4. The minimum atomic E-state index is -0.392. The molecule has 2 aromatic rings. The second kappa shape index (κ2) is 9.21. The van der Waals surface area contributed by atoms with Crippen molar-refractivity contribution in [2.45, 2.75) is 6.42 Å². The molecule has 0 fully saturated rings. The molecule has 0 spiro atoms. The monoisotopic (exact) mass is 326 g/mol. The Hall–Kier alpha value is -3.00. The standard InChI is InChI=1S/C19H19FN2O2/c1-23-18-9-5-17(6-10-18)22-14-16(13-21)15-3-7-19(8-4-15)24-12-2-11-20/h3-10,14,22H,2,11-12H2,1H3. The van der Waals surface area contributed by atoms with Gasteiger partial charge in [0.25, 0.3) is 0 Å². The van der Waals surface area contributed by atoms with E-state index in [2.05, 4.69) is 11.4 Å². The van der Waals surface area contributed by atoms with Gasteiger partial charge >= 0.3 is 0 Å². The molecule has 0 aliphatic heterocycles. The Morgan fingerprint density at radius 1 is 1.12 bits per heavy atom. The van der Waals surface area contributed by atoms with Gasteiger partial charge in [-0.3, -0.25) is 4.39 Å². The van der Waals surface area contributed by atoms with Crippen LogP contribution < -0.4 is 14.8 Å². The highest BCUT2D eigenvalue weighted by Crippen LogP contribution is 2.20. The van der Waals surface area contributed by atoms with Crippen LogP contribution in [0.3, 0.4) is 0 Å². The molecule has 4 nitrogen and oxygen atoms in total. The van der Waals surface area contributed by atoms with Gasteiger partial charge in [-0.25, -0.2) is 0 Å². The first-order valence-electron chi connectivity index (χ1n) is 7.57. The summed E-state index contributed by atoms with van der Waals surface area (Å²) in [7, 11) is 1.61. The van der Waals surface area contributed by atoms with Crippen LogP contribution in [-0.4, -0.2) is 20.4 Å². The fourth-order valence-electron chi connectivity index (χ4n) is 2.00. The smallest absolute Gasteiger partial charge is 0.119 e. The number of halogens is 1. The van der Waals surface area contributed by atoms with Crippen LogP contribution in [0.5, 0.6) is 11.5 Å². The molecule has 0 aromatic heterocycles. The summed E-state index contributed by atoms with van der Waals surface area (Å²) in [5, 5.41) is 12.4. The number of nitrogens with one attached hydrogen (secondary N) is 1. The van der Waals surface area contributed by atoms with Gasteiger partial charge in [-0.1, -0.05) is 0 Å². The van der Waals surface area contributed by atoms with Crippen molar-refractivity contribution in [3.8, 4) is 17.6 Å².